The van der Waals surface area contributed by atoms with Crippen LogP contribution in [0.5, 0.6) is 0 Å². The van der Waals surface area contributed by atoms with Crippen LogP contribution < -0.4 is 24.9 Å². The summed E-state index contributed by atoms with van der Waals surface area (Å²) < 4.78 is 5.57. The first-order chi connectivity index (χ1) is 43.2. The van der Waals surface area contributed by atoms with Gasteiger partial charge in [0.1, 0.15) is 16.6 Å². The molecule has 0 aliphatic carbocycles. The van der Waals surface area contributed by atoms with E-state index in [-0.39, 0.29) is 35.5 Å². The molecular weight excluding hydrogens is 1120 g/mol. The third-order valence-corrected chi connectivity index (χ3v) is 17.5. The van der Waals surface area contributed by atoms with Gasteiger partial charge in [0, 0.05) is 126 Å². The molecule has 1 N–H and O–H groups in total. The number of hydrogen-bond acceptors (Lipinski definition) is 18. The summed E-state index contributed by atoms with van der Waals surface area (Å²) in [5.74, 6) is 1.63. The Kier molecular flexibility index (Phi) is 18.1. The van der Waals surface area contributed by atoms with Crippen LogP contribution in [0.25, 0.3) is 49.8 Å². The lowest BCUT2D eigenvalue weighted by Crippen LogP contribution is -2.47. The van der Waals surface area contributed by atoms with Crippen molar-refractivity contribution in [3.63, 3.8) is 0 Å². The monoisotopic (exact) mass is 1200 g/mol. The number of nitrogens with zero attached hydrogens (tertiary/aromatic N) is 20. The summed E-state index contributed by atoms with van der Waals surface area (Å²) in [6, 6.07) is 24.5. The molecule has 3 aromatic carbocycles. The van der Waals surface area contributed by atoms with E-state index in [2.05, 4.69) is 109 Å². The number of nitrogens with one attached hydrogen (secondary N) is 1. The number of aryl methyl sites for hydroxylation is 1. The van der Waals surface area contributed by atoms with Crippen LogP contribution in [0, 0.1) is 24.7 Å². The Hall–Kier alpha value is -9.00. The van der Waals surface area contributed by atoms with Crippen molar-refractivity contribution in [2.45, 2.75) is 52.0 Å². The van der Waals surface area contributed by atoms with Gasteiger partial charge in [-0.3, -0.25) is 14.4 Å². The van der Waals surface area contributed by atoms with E-state index in [9.17, 15) is 14.4 Å². The highest BCUT2D eigenvalue weighted by Gasteiger charge is 2.35. The number of carbonyl (C=O) groups excluding carboxylic acids is 3. The van der Waals surface area contributed by atoms with Gasteiger partial charge < -0.3 is 44.5 Å². The van der Waals surface area contributed by atoms with Gasteiger partial charge >= 0.3 is 0 Å². The summed E-state index contributed by atoms with van der Waals surface area (Å²) in [6.45, 7) is 10.2. The maximum atomic E-state index is 14.8. The number of carbonyl (C=O) groups is 3. The SMILES string of the molecule is Cc1ccc(-n2cc3cnnc(N4CCC[C@@H](C(=O)N(CCN(C)C)c5ccc(-n6cc7cnnc(N8CCC[C@H](C(=O)N(CCN(C)C)Cc9ccc(-n%10cc%11cnnc(N%12CCCC(C(=O)NCCN(C)C)C%12)c%11n%10)cc9)C8)c7n6)cc5)C4)c3n2)cc1. The van der Waals surface area contributed by atoms with Gasteiger partial charge in [-0.2, -0.15) is 30.6 Å². The molecule has 6 aromatic heterocycles. The zero-order valence-corrected chi connectivity index (χ0v) is 52.2. The van der Waals surface area contributed by atoms with Crippen LogP contribution in [0.2, 0.25) is 0 Å². The van der Waals surface area contributed by atoms with E-state index in [4.69, 9.17) is 15.3 Å². The average molecular weight is 1200 g/mol. The predicted molar refractivity (Wildman–Crippen MR) is 346 cm³/mol. The zero-order chi connectivity index (χ0) is 61.7. The van der Waals surface area contributed by atoms with Crippen molar-refractivity contribution in [3.05, 3.63) is 121 Å². The smallest absolute Gasteiger partial charge is 0.231 e. The number of hydrogen-bond donors (Lipinski definition) is 1. The Balaban J connectivity index is 0.709. The molecule has 464 valence electrons. The van der Waals surface area contributed by atoms with Crippen LogP contribution in [-0.2, 0) is 20.9 Å². The maximum absolute atomic E-state index is 14.8. The van der Waals surface area contributed by atoms with Crippen LogP contribution in [0.1, 0.15) is 49.7 Å². The number of rotatable bonds is 21. The third kappa shape index (κ3) is 13.7. The van der Waals surface area contributed by atoms with Gasteiger partial charge in [-0.05, 0) is 142 Å². The molecule has 0 saturated carbocycles. The van der Waals surface area contributed by atoms with Gasteiger partial charge in [0.25, 0.3) is 0 Å². The summed E-state index contributed by atoms with van der Waals surface area (Å²) in [5.41, 5.74) is 7.88. The molecule has 9 heterocycles. The topological polar surface area (TPSA) is 220 Å². The zero-order valence-electron chi connectivity index (χ0n) is 52.2. The van der Waals surface area contributed by atoms with E-state index >= 15 is 0 Å². The molecule has 0 radical (unpaired) electrons. The number of benzene rings is 3. The predicted octanol–water partition coefficient (Wildman–Crippen LogP) is 5.89. The van der Waals surface area contributed by atoms with E-state index in [0.717, 1.165) is 120 Å². The Labute approximate surface area is 519 Å². The van der Waals surface area contributed by atoms with Crippen molar-refractivity contribution in [1.82, 2.24) is 84.8 Å². The molecule has 89 heavy (non-hydrogen) atoms. The Bertz CT molecular complexity index is 3920. The summed E-state index contributed by atoms with van der Waals surface area (Å²) in [4.78, 5) is 59.4. The van der Waals surface area contributed by atoms with E-state index in [1.807, 2.05) is 121 Å². The molecular formula is C65H81N21O3. The molecule has 24 nitrogen and oxygen atoms in total. The molecule has 3 atom stereocenters. The van der Waals surface area contributed by atoms with Gasteiger partial charge in [-0.25, -0.2) is 14.0 Å². The fourth-order valence-electron chi connectivity index (χ4n) is 12.4. The molecule has 0 bridgehead atoms. The van der Waals surface area contributed by atoms with E-state index in [0.29, 0.717) is 81.9 Å². The minimum Gasteiger partial charge on any atom is -0.355 e. The standard InChI is InChI=1S/C65H81N21O3/c1-45-14-18-54(19-15-45)84-42-50-35-69-72-62(59(50)73-84)81-29-10-13-49(41-81)65(89)83(34-32-78(6)7)53-22-24-56(25-23-53)86-44-52-37-68-71-61(58(52)75-86)80-28-9-12-48(40-80)64(88)82(33-31-77(4)5)38-46-16-20-55(21-17-46)85-43-51-36-67-70-60(57(51)74-85)79-27-8-11-47(39-79)63(87)66-26-30-76(2)3/h14-25,35-37,42-44,47-49H,8-13,26-34,38-41H2,1-7H3,(H,66,87)/t47?,48-,49+/m0/s1. The lowest BCUT2D eigenvalue weighted by Gasteiger charge is -2.36. The number of aromatic nitrogens is 12. The minimum atomic E-state index is -0.260. The number of piperidine rings is 3. The molecule has 0 spiro atoms. The molecule has 3 saturated heterocycles. The van der Waals surface area contributed by atoms with Crippen LogP contribution >= 0.6 is 0 Å². The normalized spacial score (nSPS) is 17.4. The Morgan fingerprint density at radius 3 is 1.38 bits per heavy atom. The summed E-state index contributed by atoms with van der Waals surface area (Å²) in [5, 5.41) is 47.7. The maximum Gasteiger partial charge on any atom is 0.231 e. The Morgan fingerprint density at radius 1 is 0.494 bits per heavy atom. The molecule has 3 aliphatic heterocycles. The van der Waals surface area contributed by atoms with Crippen molar-refractivity contribution in [2.24, 2.45) is 17.8 Å². The average Bonchev–Trinajstić information content (AvgIpc) is 2.42. The van der Waals surface area contributed by atoms with Crippen molar-refractivity contribution in [3.8, 4) is 17.1 Å². The van der Waals surface area contributed by atoms with Crippen LogP contribution in [0.3, 0.4) is 0 Å². The van der Waals surface area contributed by atoms with Gasteiger partial charge in [0.15, 0.2) is 17.5 Å². The summed E-state index contributed by atoms with van der Waals surface area (Å²) in [7, 11) is 12.1. The van der Waals surface area contributed by atoms with Crippen molar-refractivity contribution >= 4 is 73.6 Å². The van der Waals surface area contributed by atoms with Crippen LogP contribution in [0.4, 0.5) is 23.1 Å². The molecule has 24 heteroatoms. The van der Waals surface area contributed by atoms with Crippen LogP contribution in [-0.4, -0.2) is 218 Å². The molecule has 1 unspecified atom stereocenters. The third-order valence-electron chi connectivity index (χ3n) is 17.5. The number of likely N-dealkylation sites (N-methyl/N-ethyl adjacent to an activating group) is 3. The minimum absolute atomic E-state index is 0.0726. The number of fused-ring (bicyclic) bond motifs is 3. The van der Waals surface area contributed by atoms with E-state index < -0.39 is 0 Å². The summed E-state index contributed by atoms with van der Waals surface area (Å²) in [6.07, 6.45) is 16.0. The lowest BCUT2D eigenvalue weighted by molar-refractivity contribution is -0.136. The van der Waals surface area contributed by atoms with Gasteiger partial charge in [0.05, 0.1) is 53.4 Å². The van der Waals surface area contributed by atoms with Crippen LogP contribution in [0.15, 0.2) is 110 Å². The number of amides is 3. The van der Waals surface area contributed by atoms with Crippen molar-refractivity contribution in [1.29, 1.82) is 0 Å². The second-order valence-corrected chi connectivity index (χ2v) is 25.0. The quantitative estimate of drug-likeness (QED) is 0.0886. The highest BCUT2D eigenvalue weighted by molar-refractivity contribution is 5.96. The molecule has 3 amide bonds. The first kappa shape index (κ1) is 60.3. The highest BCUT2D eigenvalue weighted by Crippen LogP contribution is 2.33. The second kappa shape index (κ2) is 26.8. The van der Waals surface area contributed by atoms with Crippen molar-refractivity contribution in [2.75, 3.05) is 140 Å². The van der Waals surface area contributed by atoms with E-state index in [1.165, 1.54) is 5.56 Å². The van der Waals surface area contributed by atoms with Gasteiger partial charge in [-0.1, -0.05) is 29.8 Å². The first-order valence-corrected chi connectivity index (χ1v) is 31.2. The fourth-order valence-corrected chi connectivity index (χ4v) is 12.4. The van der Waals surface area contributed by atoms with Gasteiger partial charge in [0.2, 0.25) is 17.7 Å². The molecule has 12 rings (SSSR count). The fraction of sp³-hybridized carbons (Fsp3) is 0.446. The van der Waals surface area contributed by atoms with E-state index in [1.54, 1.807) is 18.6 Å². The molecule has 3 fully saturated rings. The second-order valence-electron chi connectivity index (χ2n) is 25.0. The number of anilines is 4. The molecule has 9 aromatic rings. The highest BCUT2D eigenvalue weighted by atomic mass is 16.2. The Morgan fingerprint density at radius 2 is 0.910 bits per heavy atom. The molecule has 3 aliphatic rings. The summed E-state index contributed by atoms with van der Waals surface area (Å²) >= 11 is 0. The van der Waals surface area contributed by atoms with Gasteiger partial charge in [-0.15, -0.1) is 15.3 Å². The first-order valence-electron chi connectivity index (χ1n) is 31.2. The lowest BCUT2D eigenvalue weighted by atomic mass is 9.96. The van der Waals surface area contributed by atoms with Crippen molar-refractivity contribution < 1.29 is 14.4 Å². The largest absolute Gasteiger partial charge is 0.355 e.